The van der Waals surface area contributed by atoms with Crippen molar-refractivity contribution in [3.8, 4) is 0 Å². The van der Waals surface area contributed by atoms with E-state index in [-0.39, 0.29) is 30.8 Å². The van der Waals surface area contributed by atoms with Gasteiger partial charge in [-0.2, -0.15) is 0 Å². The van der Waals surface area contributed by atoms with E-state index in [4.69, 9.17) is 0 Å². The van der Waals surface area contributed by atoms with Gasteiger partial charge in [0.2, 0.25) is 10.0 Å². The molecule has 1 aliphatic rings. The second-order valence-electron chi connectivity index (χ2n) is 5.69. The SMILES string of the molecule is CC(C)S(=O)(=O)N1CCC(S(=O)(=O)c2ccc(F)cc2)CC1. The maximum absolute atomic E-state index is 12.9. The highest BCUT2D eigenvalue weighted by atomic mass is 32.2. The molecule has 5 nitrogen and oxygen atoms in total. The molecule has 1 aliphatic heterocycles. The zero-order chi connectivity index (χ0) is 16.5. The van der Waals surface area contributed by atoms with Crippen LogP contribution in [-0.2, 0) is 19.9 Å². The Morgan fingerprint density at radius 1 is 1.05 bits per heavy atom. The highest BCUT2D eigenvalue weighted by Gasteiger charge is 2.35. The zero-order valence-corrected chi connectivity index (χ0v) is 14.2. The van der Waals surface area contributed by atoms with Crippen LogP contribution in [0.3, 0.4) is 0 Å². The highest BCUT2D eigenvalue weighted by molar-refractivity contribution is 7.92. The number of piperidine rings is 1. The van der Waals surface area contributed by atoms with Crippen LogP contribution in [0.5, 0.6) is 0 Å². The van der Waals surface area contributed by atoms with Crippen LogP contribution in [0.2, 0.25) is 0 Å². The Morgan fingerprint density at radius 3 is 2.00 bits per heavy atom. The van der Waals surface area contributed by atoms with Crippen LogP contribution in [0, 0.1) is 5.82 Å². The molecule has 124 valence electrons. The van der Waals surface area contributed by atoms with Gasteiger partial charge in [0.05, 0.1) is 15.4 Å². The molecule has 1 fully saturated rings. The summed E-state index contributed by atoms with van der Waals surface area (Å²) in [5.74, 6) is -0.489. The van der Waals surface area contributed by atoms with Crippen LogP contribution in [0.4, 0.5) is 4.39 Å². The monoisotopic (exact) mass is 349 g/mol. The van der Waals surface area contributed by atoms with E-state index in [9.17, 15) is 21.2 Å². The molecule has 8 heteroatoms. The summed E-state index contributed by atoms with van der Waals surface area (Å²) >= 11 is 0. The summed E-state index contributed by atoms with van der Waals surface area (Å²) < 4.78 is 63.4. The summed E-state index contributed by atoms with van der Waals surface area (Å²) in [4.78, 5) is 0.0825. The van der Waals surface area contributed by atoms with Gasteiger partial charge < -0.3 is 0 Å². The number of benzene rings is 1. The molecule has 0 saturated carbocycles. The maximum Gasteiger partial charge on any atom is 0.216 e. The van der Waals surface area contributed by atoms with Gasteiger partial charge in [-0.15, -0.1) is 0 Å². The summed E-state index contributed by atoms with van der Waals surface area (Å²) in [5, 5.41) is -1.14. The van der Waals surface area contributed by atoms with Crippen molar-refractivity contribution in [2.45, 2.75) is 42.1 Å². The molecular formula is C14H20FNO4S2. The lowest BCUT2D eigenvalue weighted by atomic mass is 10.2. The Labute approximate surface area is 131 Å². The Morgan fingerprint density at radius 2 is 1.55 bits per heavy atom. The van der Waals surface area contributed by atoms with Gasteiger partial charge in [0.1, 0.15) is 5.82 Å². The third-order valence-electron chi connectivity index (χ3n) is 3.94. The van der Waals surface area contributed by atoms with E-state index < -0.39 is 36.2 Å². The Balaban J connectivity index is 2.13. The largest absolute Gasteiger partial charge is 0.223 e. The molecule has 1 aromatic rings. The second kappa shape index (κ2) is 6.25. The van der Waals surface area contributed by atoms with Crippen molar-refractivity contribution >= 4 is 19.9 Å². The average molecular weight is 349 g/mol. The van der Waals surface area contributed by atoms with E-state index >= 15 is 0 Å². The minimum atomic E-state index is -3.56. The number of nitrogens with zero attached hydrogens (tertiary/aromatic N) is 1. The smallest absolute Gasteiger partial charge is 0.216 e. The number of rotatable bonds is 4. The molecule has 1 saturated heterocycles. The van der Waals surface area contributed by atoms with Crippen molar-refractivity contribution in [3.63, 3.8) is 0 Å². The normalized spacial score (nSPS) is 18.7. The summed E-state index contributed by atoms with van der Waals surface area (Å²) in [6.07, 6.45) is 0.511. The highest BCUT2D eigenvalue weighted by Crippen LogP contribution is 2.26. The molecule has 0 unspecified atom stereocenters. The first-order valence-electron chi connectivity index (χ1n) is 7.14. The molecular weight excluding hydrogens is 329 g/mol. The Hall–Kier alpha value is -0.990. The number of halogens is 1. The fraction of sp³-hybridized carbons (Fsp3) is 0.571. The van der Waals surface area contributed by atoms with Gasteiger partial charge in [-0.1, -0.05) is 0 Å². The lowest BCUT2D eigenvalue weighted by Crippen LogP contribution is -2.44. The molecule has 0 radical (unpaired) electrons. The summed E-state index contributed by atoms with van der Waals surface area (Å²) in [7, 11) is -6.91. The van der Waals surface area contributed by atoms with Crippen molar-refractivity contribution in [2.75, 3.05) is 13.1 Å². The van der Waals surface area contributed by atoms with Crippen LogP contribution in [0.1, 0.15) is 26.7 Å². The number of hydrogen-bond acceptors (Lipinski definition) is 4. The maximum atomic E-state index is 12.9. The van der Waals surface area contributed by atoms with E-state index in [0.717, 1.165) is 12.1 Å². The summed E-state index contributed by atoms with van der Waals surface area (Å²) in [6.45, 7) is 3.62. The predicted molar refractivity (Wildman–Crippen MR) is 82.2 cm³/mol. The molecule has 0 aliphatic carbocycles. The molecule has 1 heterocycles. The first kappa shape index (κ1) is 17.4. The molecule has 1 aromatic carbocycles. The fourth-order valence-corrected chi connectivity index (χ4v) is 5.56. The predicted octanol–water partition coefficient (Wildman–Crippen LogP) is 1.80. The van der Waals surface area contributed by atoms with E-state index in [1.807, 2.05) is 0 Å². The van der Waals surface area contributed by atoms with Crippen LogP contribution in [-0.4, -0.2) is 44.7 Å². The van der Waals surface area contributed by atoms with E-state index in [1.54, 1.807) is 13.8 Å². The molecule has 0 spiro atoms. The minimum absolute atomic E-state index is 0.0825. The van der Waals surface area contributed by atoms with Crippen LogP contribution in [0.25, 0.3) is 0 Å². The second-order valence-corrected chi connectivity index (χ2v) is 10.4. The lowest BCUT2D eigenvalue weighted by molar-refractivity contribution is 0.343. The average Bonchev–Trinajstić information content (AvgIpc) is 2.47. The zero-order valence-electron chi connectivity index (χ0n) is 12.6. The molecule has 0 atom stereocenters. The van der Waals surface area contributed by atoms with Gasteiger partial charge in [0.25, 0.3) is 0 Å². The van der Waals surface area contributed by atoms with Gasteiger partial charge in [-0.05, 0) is 51.0 Å². The number of sulfonamides is 1. The topological polar surface area (TPSA) is 71.5 Å². The van der Waals surface area contributed by atoms with Gasteiger partial charge >= 0.3 is 0 Å². The molecule has 0 N–H and O–H groups in total. The van der Waals surface area contributed by atoms with Crippen molar-refractivity contribution in [1.29, 1.82) is 0 Å². The van der Waals surface area contributed by atoms with E-state index in [0.29, 0.717) is 0 Å². The minimum Gasteiger partial charge on any atom is -0.223 e. The third kappa shape index (κ3) is 3.33. The third-order valence-corrected chi connectivity index (χ3v) is 8.49. The number of sulfone groups is 1. The molecule has 2 rings (SSSR count). The quantitative estimate of drug-likeness (QED) is 0.777. The summed E-state index contributed by atoms with van der Waals surface area (Å²) in [5.41, 5.74) is 0. The van der Waals surface area contributed by atoms with Gasteiger partial charge in [-0.25, -0.2) is 25.5 Å². The first-order chi connectivity index (χ1) is 10.2. The van der Waals surface area contributed by atoms with E-state index in [2.05, 4.69) is 0 Å². The van der Waals surface area contributed by atoms with Crippen molar-refractivity contribution < 1.29 is 21.2 Å². The molecule has 0 bridgehead atoms. The van der Waals surface area contributed by atoms with Gasteiger partial charge in [-0.3, -0.25) is 0 Å². The van der Waals surface area contributed by atoms with Gasteiger partial charge in [0.15, 0.2) is 9.84 Å². The molecule has 0 amide bonds. The summed E-state index contributed by atoms with van der Waals surface area (Å²) in [6, 6.07) is 4.74. The first-order valence-corrected chi connectivity index (χ1v) is 10.2. The standard InChI is InChI=1S/C14H20FNO4S2/c1-11(2)22(19,20)16-9-7-14(8-10-16)21(17,18)13-5-3-12(15)4-6-13/h3-6,11,14H,7-10H2,1-2H3. The Bertz CT molecular complexity index is 719. The van der Waals surface area contributed by atoms with Crippen LogP contribution in [0.15, 0.2) is 29.2 Å². The van der Waals surface area contributed by atoms with Crippen LogP contribution >= 0.6 is 0 Å². The van der Waals surface area contributed by atoms with E-state index in [1.165, 1.54) is 16.4 Å². The van der Waals surface area contributed by atoms with Crippen LogP contribution < -0.4 is 0 Å². The lowest BCUT2D eigenvalue weighted by Gasteiger charge is -2.32. The Kier molecular flexibility index (Phi) is 4.93. The van der Waals surface area contributed by atoms with Crippen molar-refractivity contribution in [3.05, 3.63) is 30.1 Å². The molecule has 0 aromatic heterocycles. The number of hydrogen-bond donors (Lipinski definition) is 0. The van der Waals surface area contributed by atoms with Crippen molar-refractivity contribution in [2.24, 2.45) is 0 Å². The van der Waals surface area contributed by atoms with Gasteiger partial charge in [0, 0.05) is 13.1 Å². The fourth-order valence-electron chi connectivity index (χ4n) is 2.51. The molecule has 22 heavy (non-hydrogen) atoms. The van der Waals surface area contributed by atoms with Crippen molar-refractivity contribution in [1.82, 2.24) is 4.31 Å².